The average Bonchev–Trinajstić information content (AvgIpc) is 3.24. The molecule has 0 atom stereocenters. The second-order valence-electron chi connectivity index (χ2n) is 23.0. The molecule has 0 saturated carbocycles. The van der Waals surface area contributed by atoms with E-state index in [9.17, 15) is 4.57 Å². The van der Waals surface area contributed by atoms with E-state index in [2.05, 4.69) is 237 Å². The van der Waals surface area contributed by atoms with Gasteiger partial charge in [-0.15, -0.1) is 0 Å². The molecule has 0 N–H and O–H groups in total. The summed E-state index contributed by atoms with van der Waals surface area (Å²) < 4.78 is 12.3. The van der Waals surface area contributed by atoms with E-state index < -0.39 is 0 Å². The molecule has 0 heterocycles. The van der Waals surface area contributed by atoms with Gasteiger partial charge in [-0.1, -0.05) is 237 Å². The van der Waals surface area contributed by atoms with Crippen molar-refractivity contribution in [3.05, 3.63) is 173 Å². The van der Waals surface area contributed by atoms with Gasteiger partial charge in [0, 0.05) is 5.30 Å². The van der Waals surface area contributed by atoms with Crippen molar-refractivity contribution in [2.24, 2.45) is 0 Å². The summed E-state index contributed by atoms with van der Waals surface area (Å²) in [6.07, 6.45) is 0. The minimum atomic E-state index is -0.0106. The van der Waals surface area contributed by atoms with Crippen LogP contribution in [0.2, 0.25) is 0 Å². The first kappa shape index (κ1) is 46.6. The van der Waals surface area contributed by atoms with Gasteiger partial charge in [0.05, 0.1) is 0 Å². The summed E-state index contributed by atoms with van der Waals surface area (Å²) in [5.74, 6) is 0. The van der Waals surface area contributed by atoms with Gasteiger partial charge in [0.2, 0.25) is 0 Å². The van der Waals surface area contributed by atoms with E-state index in [1.54, 1.807) is 0 Å². The Kier molecular flexibility index (Phi) is 12.5. The zero-order chi connectivity index (χ0) is 46.6. The topological polar surface area (TPSA) is 17.1 Å². The number of hydrogen-bond acceptors (Lipinski definition) is 1. The number of hydrogen-bond donors (Lipinski definition) is 0. The van der Waals surface area contributed by atoms with Gasteiger partial charge in [0.15, 0.2) is 8.46 Å². The molecular weight excluding hydrogens is 792 g/mol. The number of rotatable bonds is 7. The Morgan fingerprint density at radius 3 is 0.500 bits per heavy atom. The summed E-state index contributed by atoms with van der Waals surface area (Å²) in [5, 5.41) is 0.752. The second kappa shape index (κ2) is 17.2. The molecule has 0 amide bonds. The summed E-state index contributed by atoms with van der Waals surface area (Å²) in [4.78, 5) is 0. The molecule has 0 radical (unpaired) electrons. The molecule has 0 saturated heterocycles. The van der Waals surface area contributed by atoms with Crippen molar-refractivity contribution in [3.63, 3.8) is 0 Å². The largest absolute Gasteiger partial charge is 0.269 e. The SMILES string of the molecule is CC(C)(C)c1ccc(-c2c(-c3ccc(P=O)cc3)c(-c3ccc(C(C)(C)C)cc3)c(-c3ccc(C(C)(C)C)cc3)c(-c3ccc(C(C)(C)C)cc3)c2-c2ccc(C(C)(C)C)cc2)cc1. The fraction of sp³-hybridized carbons (Fsp3) is 0.323. The standard InChI is InChI=1S/C62H69OP/c1-58(2,3)46-28-16-40(17-29-46)52-53(41-18-30-47(31-19-41)59(4,5)6)55(43-22-34-49(35-23-43)61(10,11)12)57(45-26-38-51(64-63)39-27-45)56(44-24-36-50(37-25-44)62(13,14)15)54(52)42-20-32-48(33-21-42)60(7,8)9/h16-39H,1-15H3. The molecule has 2 heteroatoms. The van der Waals surface area contributed by atoms with E-state index in [0.717, 1.165) is 38.7 Å². The smallest absolute Gasteiger partial charge is 0.192 e. The van der Waals surface area contributed by atoms with Crippen LogP contribution >= 0.6 is 8.46 Å². The Labute approximate surface area is 387 Å². The summed E-state index contributed by atoms with van der Waals surface area (Å²) in [7, 11) is 0.00607. The maximum atomic E-state index is 12.3. The lowest BCUT2D eigenvalue weighted by molar-refractivity contribution is 0.590. The third-order valence-electron chi connectivity index (χ3n) is 13.0. The highest BCUT2D eigenvalue weighted by Crippen LogP contribution is 2.56. The molecule has 0 aliphatic rings. The van der Waals surface area contributed by atoms with Crippen molar-refractivity contribution in [1.82, 2.24) is 0 Å². The van der Waals surface area contributed by atoms with Crippen LogP contribution in [0.1, 0.15) is 132 Å². The molecular formula is C62H69OP. The van der Waals surface area contributed by atoms with Crippen LogP contribution < -0.4 is 5.30 Å². The fourth-order valence-electron chi connectivity index (χ4n) is 8.86. The van der Waals surface area contributed by atoms with Gasteiger partial charge < -0.3 is 0 Å². The first-order valence-corrected chi connectivity index (χ1v) is 23.9. The molecule has 0 aromatic heterocycles. The highest BCUT2D eigenvalue weighted by molar-refractivity contribution is 7.34. The Bertz CT molecular complexity index is 2610. The van der Waals surface area contributed by atoms with Gasteiger partial charge in [0.1, 0.15) is 0 Å². The van der Waals surface area contributed by atoms with Crippen molar-refractivity contribution in [3.8, 4) is 66.8 Å². The van der Waals surface area contributed by atoms with Crippen molar-refractivity contribution < 1.29 is 4.57 Å². The van der Waals surface area contributed by atoms with Gasteiger partial charge in [-0.3, -0.25) is 4.57 Å². The minimum absolute atomic E-state index is 0.00474. The van der Waals surface area contributed by atoms with Gasteiger partial charge in [-0.25, -0.2) is 0 Å². The zero-order valence-electron chi connectivity index (χ0n) is 41.2. The molecule has 0 aliphatic carbocycles. The van der Waals surface area contributed by atoms with Crippen LogP contribution in [0, 0.1) is 0 Å². The van der Waals surface area contributed by atoms with E-state index in [4.69, 9.17) is 0 Å². The third-order valence-corrected chi connectivity index (χ3v) is 13.5. The van der Waals surface area contributed by atoms with Gasteiger partial charge >= 0.3 is 0 Å². The molecule has 0 bridgehead atoms. The summed E-state index contributed by atoms with van der Waals surface area (Å²) >= 11 is 0. The first-order valence-electron chi connectivity index (χ1n) is 23.1. The normalized spacial score (nSPS) is 12.8. The average molecular weight is 861 g/mol. The highest BCUT2D eigenvalue weighted by Gasteiger charge is 2.31. The molecule has 0 unspecified atom stereocenters. The monoisotopic (exact) mass is 861 g/mol. The van der Waals surface area contributed by atoms with Crippen LogP contribution in [0.15, 0.2) is 146 Å². The fourth-order valence-corrected chi connectivity index (χ4v) is 9.13. The van der Waals surface area contributed by atoms with Crippen LogP contribution in [-0.4, -0.2) is 0 Å². The van der Waals surface area contributed by atoms with Crippen LogP contribution in [0.3, 0.4) is 0 Å². The molecule has 7 aromatic rings. The Balaban J connectivity index is 1.79. The van der Waals surface area contributed by atoms with Gasteiger partial charge in [-0.2, -0.15) is 0 Å². The zero-order valence-corrected chi connectivity index (χ0v) is 42.1. The Hall–Kier alpha value is -5.36. The first-order chi connectivity index (χ1) is 29.9. The van der Waals surface area contributed by atoms with Crippen LogP contribution in [0.25, 0.3) is 66.8 Å². The predicted molar refractivity (Wildman–Crippen MR) is 280 cm³/mol. The molecule has 0 spiro atoms. The molecule has 7 rings (SSSR count). The maximum Gasteiger partial charge on any atom is 0.192 e. The Morgan fingerprint density at radius 1 is 0.234 bits per heavy atom. The minimum Gasteiger partial charge on any atom is -0.269 e. The van der Waals surface area contributed by atoms with Crippen LogP contribution in [0.5, 0.6) is 0 Å². The van der Waals surface area contributed by atoms with Crippen molar-refractivity contribution in [2.45, 2.75) is 131 Å². The van der Waals surface area contributed by atoms with E-state index >= 15 is 0 Å². The molecule has 328 valence electrons. The maximum absolute atomic E-state index is 12.3. The predicted octanol–water partition coefficient (Wildman–Crippen LogP) is 18.1. The van der Waals surface area contributed by atoms with E-state index in [0.29, 0.717) is 0 Å². The van der Waals surface area contributed by atoms with E-state index in [-0.39, 0.29) is 35.5 Å². The molecule has 0 aliphatic heterocycles. The molecule has 7 aromatic carbocycles. The van der Waals surface area contributed by atoms with E-state index in [1.165, 1.54) is 61.2 Å². The molecule has 0 fully saturated rings. The number of benzene rings is 7. The molecule has 64 heavy (non-hydrogen) atoms. The summed E-state index contributed by atoms with van der Waals surface area (Å²) in [6, 6.07) is 55.1. The van der Waals surface area contributed by atoms with E-state index in [1.807, 2.05) is 12.1 Å². The second-order valence-corrected chi connectivity index (χ2v) is 23.7. The lowest BCUT2D eigenvalue weighted by Gasteiger charge is -2.30. The quantitative estimate of drug-likeness (QED) is 0.146. The van der Waals surface area contributed by atoms with Gasteiger partial charge in [0.25, 0.3) is 0 Å². The molecule has 1 nitrogen and oxygen atoms in total. The lowest BCUT2D eigenvalue weighted by Crippen LogP contribution is -2.12. The summed E-state index contributed by atoms with van der Waals surface area (Å²) in [5.41, 5.74) is 20.4. The van der Waals surface area contributed by atoms with Crippen LogP contribution in [-0.2, 0) is 31.6 Å². The lowest BCUT2D eigenvalue weighted by atomic mass is 9.73. The third kappa shape index (κ3) is 9.67. The van der Waals surface area contributed by atoms with Crippen molar-refractivity contribution in [2.75, 3.05) is 0 Å². The van der Waals surface area contributed by atoms with Crippen molar-refractivity contribution in [1.29, 1.82) is 0 Å². The highest BCUT2D eigenvalue weighted by atomic mass is 31.1. The van der Waals surface area contributed by atoms with Gasteiger partial charge in [-0.05, 0) is 134 Å². The van der Waals surface area contributed by atoms with Crippen molar-refractivity contribution >= 4 is 13.8 Å². The summed E-state index contributed by atoms with van der Waals surface area (Å²) in [6.45, 7) is 34.3. The van der Waals surface area contributed by atoms with Crippen LogP contribution in [0.4, 0.5) is 0 Å². The Morgan fingerprint density at radius 2 is 0.375 bits per heavy atom.